The Hall–Kier alpha value is -4.57. The number of nitrogens with zero attached hydrogens (tertiary/aromatic N) is 7. The molecule has 2 aliphatic rings. The number of rotatable bonds is 19. The lowest BCUT2D eigenvalue weighted by Gasteiger charge is -2.34. The highest BCUT2D eigenvalue weighted by atomic mass is 16.6. The average molecular weight is 764 g/mol. The molecule has 0 radical (unpaired) electrons. The van der Waals surface area contributed by atoms with Crippen LogP contribution in [0.2, 0.25) is 0 Å². The summed E-state index contributed by atoms with van der Waals surface area (Å²) >= 11 is 0. The predicted molar refractivity (Wildman–Crippen MR) is 212 cm³/mol. The van der Waals surface area contributed by atoms with Gasteiger partial charge in [-0.25, -0.2) is 9.78 Å². The number of likely N-dealkylation sites (tertiary alicyclic amines) is 1. The van der Waals surface area contributed by atoms with E-state index in [-0.39, 0.29) is 31.6 Å². The summed E-state index contributed by atoms with van der Waals surface area (Å²) in [5, 5.41) is 23.7. The van der Waals surface area contributed by atoms with Crippen molar-refractivity contribution in [3.05, 3.63) is 36.2 Å². The van der Waals surface area contributed by atoms with Crippen LogP contribution in [0.3, 0.4) is 0 Å². The highest BCUT2D eigenvalue weighted by molar-refractivity contribution is 5.90. The molecule has 1 aliphatic carbocycles. The van der Waals surface area contributed by atoms with Crippen molar-refractivity contribution in [2.45, 2.75) is 116 Å². The van der Waals surface area contributed by atoms with Gasteiger partial charge in [-0.15, -0.1) is 5.10 Å². The number of amides is 2. The number of ether oxygens (including phenoxy) is 2. The maximum absolute atomic E-state index is 13.3. The van der Waals surface area contributed by atoms with Crippen LogP contribution in [0.25, 0.3) is 10.9 Å². The fraction of sp³-hybridized carbons (Fsp3) is 0.667. The first-order chi connectivity index (χ1) is 26.6. The van der Waals surface area contributed by atoms with E-state index in [4.69, 9.17) is 19.4 Å². The van der Waals surface area contributed by atoms with Crippen LogP contribution in [0.4, 0.5) is 16.6 Å². The molecule has 4 N–H and O–H groups in total. The van der Waals surface area contributed by atoms with Gasteiger partial charge in [0.2, 0.25) is 11.9 Å². The van der Waals surface area contributed by atoms with Gasteiger partial charge in [0, 0.05) is 37.1 Å². The number of benzene rings is 1. The molecule has 0 unspecified atom stereocenters. The highest BCUT2D eigenvalue weighted by Gasteiger charge is 2.30. The number of fused-ring (bicyclic) bond motifs is 1. The zero-order valence-electron chi connectivity index (χ0n) is 33.1. The van der Waals surface area contributed by atoms with E-state index in [0.717, 1.165) is 66.6 Å². The molecule has 0 atom stereocenters. The molecular weight excluding hydrogens is 703 g/mol. The first-order valence-electron chi connectivity index (χ1n) is 20.1. The van der Waals surface area contributed by atoms with Gasteiger partial charge in [0.05, 0.1) is 24.9 Å². The minimum atomic E-state index is -0.777. The molecule has 1 aliphatic heterocycles. The van der Waals surface area contributed by atoms with Crippen LogP contribution in [-0.4, -0.2) is 123 Å². The minimum Gasteiger partial charge on any atom is -0.465 e. The van der Waals surface area contributed by atoms with Crippen molar-refractivity contribution in [3.63, 3.8) is 0 Å². The molecule has 2 aromatic heterocycles. The SMILES string of the molecule is CCOC(=O)CN(CC(=O)N1CCC(Nc2nc(NCc3cn(CCCNCCCNC4CCCCC4)nn3)nc3ccccc23)CC1)C(=O)OC(C)(C)C. The number of carbonyl (C=O) groups is 3. The van der Waals surface area contributed by atoms with E-state index in [9.17, 15) is 14.4 Å². The lowest BCUT2D eigenvalue weighted by Crippen LogP contribution is -2.49. The lowest BCUT2D eigenvalue weighted by atomic mass is 9.95. The van der Waals surface area contributed by atoms with Gasteiger partial charge in [-0.1, -0.05) is 36.6 Å². The van der Waals surface area contributed by atoms with Crippen molar-refractivity contribution in [3.8, 4) is 0 Å². The van der Waals surface area contributed by atoms with Crippen molar-refractivity contribution in [2.24, 2.45) is 0 Å². The van der Waals surface area contributed by atoms with Gasteiger partial charge < -0.3 is 35.6 Å². The molecule has 2 amide bonds. The normalized spacial score (nSPS) is 15.5. The number of nitrogens with one attached hydrogen (secondary N) is 4. The summed E-state index contributed by atoms with van der Waals surface area (Å²) < 4.78 is 12.4. The number of carbonyl (C=O) groups excluding carboxylic acids is 3. The number of esters is 1. The van der Waals surface area contributed by atoms with Crippen molar-refractivity contribution in [1.82, 2.24) is 45.4 Å². The van der Waals surface area contributed by atoms with Crippen molar-refractivity contribution < 1.29 is 23.9 Å². The quantitative estimate of drug-likeness (QED) is 0.100. The second-order valence-corrected chi connectivity index (χ2v) is 15.4. The van der Waals surface area contributed by atoms with Gasteiger partial charge in [-0.05, 0) is 98.0 Å². The van der Waals surface area contributed by atoms with Gasteiger partial charge >= 0.3 is 12.1 Å². The Balaban J connectivity index is 1.07. The molecule has 3 aromatic rings. The van der Waals surface area contributed by atoms with E-state index in [0.29, 0.717) is 44.2 Å². The number of piperidine rings is 1. The van der Waals surface area contributed by atoms with Crippen molar-refractivity contribution >= 4 is 40.6 Å². The number of hydrogen-bond donors (Lipinski definition) is 4. The molecule has 1 aromatic carbocycles. The first kappa shape index (κ1) is 41.6. The Bertz CT molecular complexity index is 1670. The van der Waals surface area contributed by atoms with Gasteiger partial charge in [-0.3, -0.25) is 19.2 Å². The van der Waals surface area contributed by atoms with Crippen molar-refractivity contribution in [2.75, 3.05) is 63.1 Å². The van der Waals surface area contributed by atoms with Gasteiger partial charge in [-0.2, -0.15) is 4.98 Å². The second-order valence-electron chi connectivity index (χ2n) is 15.4. The monoisotopic (exact) mass is 763 g/mol. The number of para-hydroxylation sites is 1. The Morgan fingerprint density at radius 3 is 2.45 bits per heavy atom. The summed E-state index contributed by atoms with van der Waals surface area (Å²) in [6.45, 7) is 11.7. The lowest BCUT2D eigenvalue weighted by molar-refractivity contribution is -0.145. The maximum Gasteiger partial charge on any atom is 0.411 e. The Morgan fingerprint density at radius 1 is 0.927 bits per heavy atom. The molecule has 2 fully saturated rings. The van der Waals surface area contributed by atoms with E-state index in [1.165, 1.54) is 32.1 Å². The van der Waals surface area contributed by atoms with Crippen LogP contribution in [0.15, 0.2) is 30.5 Å². The third-order valence-corrected chi connectivity index (χ3v) is 9.72. The second kappa shape index (κ2) is 20.9. The summed E-state index contributed by atoms with van der Waals surface area (Å²) in [7, 11) is 0. The molecule has 1 saturated carbocycles. The molecule has 1 saturated heterocycles. The Labute approximate surface area is 324 Å². The standard InChI is InChI=1S/C39H61N11O5/c1-5-54-35(52)28-49(38(53)55-39(2,3)4)27-34(51)48-23-17-30(18-24-48)43-36-32-15-9-10-16-33(32)44-37(45-36)42-25-31-26-50(47-46-31)22-12-20-40-19-11-21-41-29-13-7-6-8-14-29/h9-10,15-16,26,29-30,40-41H,5-8,11-14,17-25,27-28H2,1-4H3,(H2,42,43,44,45). The molecule has 5 rings (SSSR count). The summed E-state index contributed by atoms with van der Waals surface area (Å²) in [4.78, 5) is 50.7. The largest absolute Gasteiger partial charge is 0.465 e. The van der Waals surface area contributed by atoms with Crippen LogP contribution in [-0.2, 0) is 32.2 Å². The summed E-state index contributed by atoms with van der Waals surface area (Å²) in [6.07, 6.45) is 11.5. The minimum absolute atomic E-state index is 0.0595. The van der Waals surface area contributed by atoms with Gasteiger partial charge in [0.15, 0.2) is 0 Å². The summed E-state index contributed by atoms with van der Waals surface area (Å²) in [5.41, 5.74) is 0.832. The third kappa shape index (κ3) is 13.9. The molecule has 3 heterocycles. The average Bonchev–Trinajstić information content (AvgIpc) is 3.62. The number of anilines is 2. The topological polar surface area (TPSA) is 181 Å². The molecule has 302 valence electrons. The van der Waals surface area contributed by atoms with E-state index < -0.39 is 17.7 Å². The van der Waals surface area contributed by atoms with E-state index in [1.807, 2.05) is 35.1 Å². The molecule has 0 bridgehead atoms. The molecule has 55 heavy (non-hydrogen) atoms. The number of aryl methyl sites for hydroxylation is 1. The van der Waals surface area contributed by atoms with E-state index >= 15 is 0 Å². The highest BCUT2D eigenvalue weighted by Crippen LogP contribution is 2.25. The molecule has 0 spiro atoms. The molecular formula is C39H61N11O5. The predicted octanol–water partition coefficient (Wildman–Crippen LogP) is 4.33. The van der Waals surface area contributed by atoms with Crippen molar-refractivity contribution in [1.29, 1.82) is 0 Å². The maximum atomic E-state index is 13.3. The van der Waals surface area contributed by atoms with E-state index in [1.54, 1.807) is 32.6 Å². The first-order valence-corrected chi connectivity index (χ1v) is 20.1. The Kier molecular flexibility index (Phi) is 15.8. The summed E-state index contributed by atoms with van der Waals surface area (Å²) in [5.74, 6) is 0.344. The molecule has 16 nitrogen and oxygen atoms in total. The van der Waals surface area contributed by atoms with E-state index in [2.05, 4.69) is 31.6 Å². The van der Waals surface area contributed by atoms with Crippen LogP contribution in [0.5, 0.6) is 0 Å². The fourth-order valence-corrected chi connectivity index (χ4v) is 6.89. The fourth-order valence-electron chi connectivity index (χ4n) is 6.89. The Morgan fingerprint density at radius 2 is 1.69 bits per heavy atom. The summed E-state index contributed by atoms with van der Waals surface area (Å²) in [6, 6.07) is 8.63. The van der Waals surface area contributed by atoms with Crippen LogP contribution >= 0.6 is 0 Å². The van der Waals surface area contributed by atoms with Crippen LogP contribution < -0.4 is 21.3 Å². The molecule has 16 heteroatoms. The van der Waals surface area contributed by atoms with Crippen LogP contribution in [0.1, 0.15) is 91.2 Å². The zero-order valence-corrected chi connectivity index (χ0v) is 33.1. The van der Waals surface area contributed by atoms with Gasteiger partial charge in [0.1, 0.15) is 30.2 Å². The number of hydrogen-bond acceptors (Lipinski definition) is 13. The number of aromatic nitrogens is 5. The van der Waals surface area contributed by atoms with Crippen LogP contribution in [0, 0.1) is 0 Å². The zero-order chi connectivity index (χ0) is 39.0. The van der Waals surface area contributed by atoms with Gasteiger partial charge in [0.25, 0.3) is 0 Å². The smallest absolute Gasteiger partial charge is 0.411 e. The third-order valence-electron chi connectivity index (χ3n) is 9.72.